The summed E-state index contributed by atoms with van der Waals surface area (Å²) in [4.78, 5) is 35.5. The molecule has 0 aliphatic heterocycles. The van der Waals surface area contributed by atoms with E-state index in [1.165, 1.54) is 4.57 Å². The van der Waals surface area contributed by atoms with Gasteiger partial charge >= 0.3 is 0 Å². The molecule has 10 nitrogen and oxygen atoms in total. The molecule has 1 aromatic heterocycles. The van der Waals surface area contributed by atoms with Gasteiger partial charge in [-0.15, -0.1) is 10.2 Å². The normalized spacial score (nSPS) is 11.0. The second kappa shape index (κ2) is 9.53. The molecule has 4 N–H and O–H groups in total. The van der Waals surface area contributed by atoms with Crippen molar-refractivity contribution in [2.75, 3.05) is 13.2 Å². The number of nitrogens with zero attached hydrogens (tertiary/aromatic N) is 3. The van der Waals surface area contributed by atoms with E-state index < -0.39 is 17.7 Å². The fourth-order valence-electron chi connectivity index (χ4n) is 2.95. The number of nitrogens with two attached hydrogens (primary N) is 1. The molecule has 0 saturated heterocycles. The lowest BCUT2D eigenvalue weighted by atomic mass is 10.2. The minimum Gasteiger partial charge on any atom is -0.494 e. The van der Waals surface area contributed by atoms with Crippen molar-refractivity contribution in [1.29, 1.82) is 0 Å². The number of hydrogen-bond acceptors (Lipinski definition) is 6. The number of benzene rings is 2. The molecular formula is C21H21N5O5. The van der Waals surface area contributed by atoms with Crippen molar-refractivity contribution in [2.24, 2.45) is 16.0 Å². The molecule has 3 rings (SSSR count). The number of ether oxygens (including phenoxy) is 1. The number of aromatic hydroxyl groups is 1. The van der Waals surface area contributed by atoms with Gasteiger partial charge in [-0.05, 0) is 37.3 Å². The SMILES string of the molecule is CCOc1ccc(C(=O)NCC(=O)N=Nc2c(O)n(CC(N)=O)c3ccccc23)cc1. The Morgan fingerprint density at radius 3 is 2.52 bits per heavy atom. The van der Waals surface area contributed by atoms with Crippen LogP contribution < -0.4 is 15.8 Å². The van der Waals surface area contributed by atoms with Crippen molar-refractivity contribution >= 4 is 34.3 Å². The van der Waals surface area contributed by atoms with Crippen molar-refractivity contribution in [3.05, 3.63) is 54.1 Å². The summed E-state index contributed by atoms with van der Waals surface area (Å²) in [6.45, 7) is 1.74. The highest BCUT2D eigenvalue weighted by Gasteiger charge is 2.18. The summed E-state index contributed by atoms with van der Waals surface area (Å²) in [7, 11) is 0. The number of nitrogens with one attached hydrogen (secondary N) is 1. The van der Waals surface area contributed by atoms with Crippen LogP contribution in [-0.4, -0.2) is 40.5 Å². The van der Waals surface area contributed by atoms with Crippen molar-refractivity contribution < 1.29 is 24.2 Å². The van der Waals surface area contributed by atoms with E-state index in [1.54, 1.807) is 48.5 Å². The summed E-state index contributed by atoms with van der Waals surface area (Å²) >= 11 is 0. The van der Waals surface area contributed by atoms with Crippen LogP contribution in [0.1, 0.15) is 17.3 Å². The molecule has 3 amide bonds. The Kier molecular flexibility index (Phi) is 6.61. The molecule has 3 aromatic rings. The monoisotopic (exact) mass is 423 g/mol. The van der Waals surface area contributed by atoms with Crippen molar-refractivity contribution in [3.63, 3.8) is 0 Å². The third-order valence-electron chi connectivity index (χ3n) is 4.32. The van der Waals surface area contributed by atoms with Gasteiger partial charge in [0.25, 0.3) is 11.8 Å². The standard InChI is InChI=1S/C21H21N5O5/c1-2-31-14-9-7-13(8-10-14)20(29)23-11-18(28)24-25-19-15-5-3-4-6-16(15)26(21(19)30)12-17(22)27/h3-10,30H,2,11-12H2,1H3,(H2,22,27)(H,23,29). The number of azo groups is 1. The molecule has 0 atom stereocenters. The van der Waals surface area contributed by atoms with Crippen LogP contribution in [0.15, 0.2) is 58.8 Å². The molecule has 31 heavy (non-hydrogen) atoms. The third kappa shape index (κ3) is 5.04. The molecular weight excluding hydrogens is 402 g/mol. The number of aromatic nitrogens is 1. The molecule has 0 radical (unpaired) electrons. The van der Waals surface area contributed by atoms with E-state index in [1.807, 2.05) is 6.92 Å². The van der Waals surface area contributed by atoms with Gasteiger partial charge in [0, 0.05) is 10.9 Å². The van der Waals surface area contributed by atoms with Crippen LogP contribution in [-0.2, 0) is 16.1 Å². The second-order valence-electron chi connectivity index (χ2n) is 6.48. The van der Waals surface area contributed by atoms with Crippen LogP contribution in [0.4, 0.5) is 5.69 Å². The average molecular weight is 423 g/mol. The van der Waals surface area contributed by atoms with Crippen LogP contribution in [0.3, 0.4) is 0 Å². The molecule has 2 aromatic carbocycles. The number of amides is 3. The number of carbonyl (C=O) groups excluding carboxylic acids is 3. The topological polar surface area (TPSA) is 148 Å². The predicted molar refractivity (Wildman–Crippen MR) is 112 cm³/mol. The van der Waals surface area contributed by atoms with Crippen molar-refractivity contribution in [2.45, 2.75) is 13.5 Å². The number of para-hydroxylation sites is 1. The summed E-state index contributed by atoms with van der Waals surface area (Å²) in [6.07, 6.45) is 0. The molecule has 160 valence electrons. The zero-order valence-corrected chi connectivity index (χ0v) is 16.7. The van der Waals surface area contributed by atoms with Crippen LogP contribution in [0, 0.1) is 0 Å². The number of carbonyl (C=O) groups is 3. The zero-order chi connectivity index (χ0) is 22.4. The molecule has 0 bridgehead atoms. The van der Waals surface area contributed by atoms with E-state index in [4.69, 9.17) is 10.5 Å². The maximum atomic E-state index is 12.2. The zero-order valence-electron chi connectivity index (χ0n) is 16.7. The first-order chi connectivity index (χ1) is 14.9. The first-order valence-electron chi connectivity index (χ1n) is 9.44. The minimum absolute atomic E-state index is 0.0306. The lowest BCUT2D eigenvalue weighted by Crippen LogP contribution is -2.28. The van der Waals surface area contributed by atoms with Gasteiger partial charge in [0.2, 0.25) is 11.8 Å². The van der Waals surface area contributed by atoms with E-state index in [0.29, 0.717) is 28.8 Å². The van der Waals surface area contributed by atoms with Gasteiger partial charge in [0.1, 0.15) is 18.8 Å². The summed E-state index contributed by atoms with van der Waals surface area (Å²) in [5, 5.41) is 20.8. The summed E-state index contributed by atoms with van der Waals surface area (Å²) in [5.41, 5.74) is 6.14. The third-order valence-corrected chi connectivity index (χ3v) is 4.32. The van der Waals surface area contributed by atoms with E-state index in [9.17, 15) is 19.5 Å². The molecule has 1 heterocycles. The second-order valence-corrected chi connectivity index (χ2v) is 6.48. The molecule has 10 heteroatoms. The van der Waals surface area contributed by atoms with E-state index in [0.717, 1.165) is 0 Å². The summed E-state index contributed by atoms with van der Waals surface area (Å²) in [6, 6.07) is 13.3. The Bertz CT molecular complexity index is 1150. The van der Waals surface area contributed by atoms with Gasteiger partial charge in [0.05, 0.1) is 12.1 Å². The molecule has 0 unspecified atom stereocenters. The quantitative estimate of drug-likeness (QED) is 0.475. The largest absolute Gasteiger partial charge is 0.494 e. The maximum Gasteiger partial charge on any atom is 0.283 e. The first kappa shape index (κ1) is 21.5. The number of hydrogen-bond donors (Lipinski definition) is 3. The van der Waals surface area contributed by atoms with Crippen molar-refractivity contribution in [1.82, 2.24) is 9.88 Å². The Labute approximate surface area is 177 Å². The van der Waals surface area contributed by atoms with Crippen LogP contribution in [0.25, 0.3) is 10.9 Å². The van der Waals surface area contributed by atoms with Gasteiger partial charge in [-0.3, -0.25) is 14.4 Å². The highest BCUT2D eigenvalue weighted by Crippen LogP contribution is 2.38. The van der Waals surface area contributed by atoms with Gasteiger partial charge in [0.15, 0.2) is 5.69 Å². The fourth-order valence-corrected chi connectivity index (χ4v) is 2.95. The fraction of sp³-hybridized carbons (Fsp3) is 0.190. The highest BCUT2D eigenvalue weighted by atomic mass is 16.5. The molecule has 0 aliphatic rings. The predicted octanol–water partition coefficient (Wildman–Crippen LogP) is 2.27. The highest BCUT2D eigenvalue weighted by molar-refractivity contribution is 5.97. The van der Waals surface area contributed by atoms with Gasteiger partial charge in [-0.1, -0.05) is 18.2 Å². The van der Waals surface area contributed by atoms with E-state index in [2.05, 4.69) is 15.5 Å². The van der Waals surface area contributed by atoms with Gasteiger partial charge in [-0.2, -0.15) is 0 Å². The van der Waals surface area contributed by atoms with E-state index >= 15 is 0 Å². The molecule has 0 spiro atoms. The lowest BCUT2D eigenvalue weighted by Gasteiger charge is -2.05. The Balaban J connectivity index is 1.69. The molecule has 0 fully saturated rings. The Morgan fingerprint density at radius 1 is 1.13 bits per heavy atom. The maximum absolute atomic E-state index is 12.2. The van der Waals surface area contributed by atoms with Crippen LogP contribution >= 0.6 is 0 Å². The first-order valence-corrected chi connectivity index (χ1v) is 9.44. The van der Waals surface area contributed by atoms with Gasteiger partial charge in [-0.25, -0.2) is 0 Å². The van der Waals surface area contributed by atoms with Crippen LogP contribution in [0.5, 0.6) is 11.6 Å². The lowest BCUT2D eigenvalue weighted by molar-refractivity contribution is -0.119. The minimum atomic E-state index is -0.717. The van der Waals surface area contributed by atoms with E-state index in [-0.39, 0.29) is 24.7 Å². The number of primary amides is 1. The Hall–Kier alpha value is -4.21. The molecule has 0 aliphatic carbocycles. The summed E-state index contributed by atoms with van der Waals surface area (Å²) in [5.74, 6) is -1.51. The van der Waals surface area contributed by atoms with Gasteiger partial charge < -0.3 is 25.5 Å². The number of rotatable bonds is 8. The smallest absolute Gasteiger partial charge is 0.283 e. The number of fused-ring (bicyclic) bond motifs is 1. The molecule has 0 saturated carbocycles. The summed E-state index contributed by atoms with van der Waals surface area (Å²) < 4.78 is 6.60. The Morgan fingerprint density at radius 2 is 1.84 bits per heavy atom. The average Bonchev–Trinajstić information content (AvgIpc) is 3.02. The van der Waals surface area contributed by atoms with Crippen molar-refractivity contribution in [3.8, 4) is 11.6 Å². The van der Waals surface area contributed by atoms with Crippen LogP contribution in [0.2, 0.25) is 0 Å².